The normalized spacial score (nSPS) is 9.29. The van der Waals surface area contributed by atoms with E-state index in [0.29, 0.717) is 4.67 Å². The van der Waals surface area contributed by atoms with E-state index in [9.17, 15) is 4.79 Å². The third kappa shape index (κ3) is 0.928. The summed E-state index contributed by atoms with van der Waals surface area (Å²) in [6.07, 6.45) is 1.18. The van der Waals surface area contributed by atoms with E-state index in [1.807, 2.05) is 0 Å². The summed E-state index contributed by atoms with van der Waals surface area (Å²) in [5, 5.41) is 0. The molecule has 4 heteroatoms. The Morgan fingerprint density at radius 3 is 2.57 bits per heavy atom. The van der Waals surface area contributed by atoms with Gasteiger partial charge in [0.15, 0.2) is 0 Å². The summed E-state index contributed by atoms with van der Waals surface area (Å²) in [7, 11) is 0. The quantitative estimate of drug-likeness (QED) is 0.575. The fourth-order valence-corrected chi connectivity index (χ4v) is 0.448. The van der Waals surface area contributed by atoms with E-state index in [1.54, 1.807) is 0 Å². The standard InChI is InChI=1S/C3HBrO3/c4-2-1-6-3(5)7-2/h1H. The van der Waals surface area contributed by atoms with Crippen LogP contribution in [0.1, 0.15) is 0 Å². The molecule has 1 aromatic rings. The van der Waals surface area contributed by atoms with Crippen molar-refractivity contribution >= 4 is 15.9 Å². The molecule has 0 aliphatic heterocycles. The first-order valence-corrected chi connectivity index (χ1v) is 2.32. The van der Waals surface area contributed by atoms with E-state index >= 15 is 0 Å². The lowest BCUT2D eigenvalue weighted by molar-refractivity contribution is 0.379. The van der Waals surface area contributed by atoms with Crippen molar-refractivity contribution in [3.05, 3.63) is 21.5 Å². The Morgan fingerprint density at radius 1 is 1.71 bits per heavy atom. The zero-order chi connectivity index (χ0) is 5.28. The van der Waals surface area contributed by atoms with Crippen LogP contribution < -0.4 is 5.82 Å². The second-order valence-electron chi connectivity index (χ2n) is 0.892. The highest BCUT2D eigenvalue weighted by Gasteiger charge is 1.90. The highest BCUT2D eigenvalue weighted by atomic mass is 79.9. The van der Waals surface area contributed by atoms with Gasteiger partial charge in [-0.3, -0.25) is 0 Å². The molecular formula is C3HBrO3. The van der Waals surface area contributed by atoms with Crippen molar-refractivity contribution in [1.82, 2.24) is 0 Å². The van der Waals surface area contributed by atoms with Crippen LogP contribution in [0.15, 0.2) is 24.6 Å². The van der Waals surface area contributed by atoms with Crippen LogP contribution in [-0.4, -0.2) is 0 Å². The number of halogens is 1. The van der Waals surface area contributed by atoms with Gasteiger partial charge >= 0.3 is 5.82 Å². The minimum atomic E-state index is -0.688. The number of hydrogen-bond acceptors (Lipinski definition) is 3. The van der Waals surface area contributed by atoms with Gasteiger partial charge in [-0.2, -0.15) is 0 Å². The summed E-state index contributed by atoms with van der Waals surface area (Å²) >= 11 is 2.87. The second kappa shape index (κ2) is 1.54. The van der Waals surface area contributed by atoms with Crippen LogP contribution in [0.3, 0.4) is 0 Å². The molecule has 0 saturated heterocycles. The third-order valence-electron chi connectivity index (χ3n) is 0.429. The fraction of sp³-hybridized carbons (Fsp3) is 0. The lowest BCUT2D eigenvalue weighted by atomic mass is 11.1. The van der Waals surface area contributed by atoms with Gasteiger partial charge in [0.1, 0.15) is 6.26 Å². The van der Waals surface area contributed by atoms with Crippen molar-refractivity contribution in [1.29, 1.82) is 0 Å². The fourth-order valence-electron chi connectivity index (χ4n) is 0.222. The van der Waals surface area contributed by atoms with Crippen LogP contribution in [-0.2, 0) is 0 Å². The molecule has 0 aliphatic carbocycles. The lowest BCUT2D eigenvalue weighted by Crippen LogP contribution is -1.83. The van der Waals surface area contributed by atoms with Gasteiger partial charge in [0.25, 0.3) is 0 Å². The van der Waals surface area contributed by atoms with Gasteiger partial charge in [0, 0.05) is 0 Å². The highest BCUT2D eigenvalue weighted by molar-refractivity contribution is 9.10. The predicted molar refractivity (Wildman–Crippen MR) is 24.9 cm³/mol. The van der Waals surface area contributed by atoms with Crippen molar-refractivity contribution in [2.24, 2.45) is 0 Å². The first-order valence-electron chi connectivity index (χ1n) is 1.53. The SMILES string of the molecule is O=c1occ(Br)o1. The topological polar surface area (TPSA) is 43.4 Å². The Hall–Kier alpha value is -0.510. The second-order valence-corrected chi connectivity index (χ2v) is 1.67. The van der Waals surface area contributed by atoms with E-state index < -0.39 is 5.82 Å². The molecule has 0 amide bonds. The molecule has 3 nitrogen and oxygen atoms in total. The molecule has 0 aliphatic rings. The molecule has 0 saturated carbocycles. The summed E-state index contributed by atoms with van der Waals surface area (Å²) in [5.41, 5.74) is 0. The molecule has 38 valence electrons. The Bertz CT molecular complexity index is 198. The van der Waals surface area contributed by atoms with Gasteiger partial charge in [0.05, 0.1) is 0 Å². The maximum atomic E-state index is 9.93. The van der Waals surface area contributed by atoms with E-state index in [2.05, 4.69) is 24.8 Å². The van der Waals surface area contributed by atoms with Gasteiger partial charge in [-0.1, -0.05) is 0 Å². The molecular weight excluding hydrogens is 164 g/mol. The summed E-state index contributed by atoms with van der Waals surface area (Å²) in [6, 6.07) is 0. The molecule has 7 heavy (non-hydrogen) atoms. The number of hydrogen-bond donors (Lipinski definition) is 0. The molecule has 0 spiro atoms. The smallest absolute Gasteiger partial charge is 0.398 e. The third-order valence-corrected chi connectivity index (χ3v) is 0.777. The van der Waals surface area contributed by atoms with E-state index in [-0.39, 0.29) is 0 Å². The average Bonchev–Trinajstić information content (AvgIpc) is 1.87. The van der Waals surface area contributed by atoms with Gasteiger partial charge in [-0.15, -0.1) is 0 Å². The Kier molecular flexibility index (Phi) is 1.02. The van der Waals surface area contributed by atoms with Gasteiger partial charge in [-0.25, -0.2) is 4.79 Å². The van der Waals surface area contributed by atoms with Crippen LogP contribution in [0.2, 0.25) is 0 Å². The molecule has 0 N–H and O–H groups in total. The van der Waals surface area contributed by atoms with Crippen LogP contribution >= 0.6 is 15.9 Å². The monoisotopic (exact) mass is 164 g/mol. The maximum absolute atomic E-state index is 9.93. The Balaban J connectivity index is 3.30. The summed E-state index contributed by atoms with van der Waals surface area (Å²) in [5.74, 6) is -0.688. The van der Waals surface area contributed by atoms with Crippen LogP contribution in [0.4, 0.5) is 0 Å². The maximum Gasteiger partial charge on any atom is 0.519 e. The molecule has 1 rings (SSSR count). The molecule has 0 radical (unpaired) electrons. The summed E-state index contributed by atoms with van der Waals surface area (Å²) < 4.78 is 8.79. The molecule has 0 bridgehead atoms. The first-order chi connectivity index (χ1) is 3.29. The van der Waals surface area contributed by atoms with E-state index in [4.69, 9.17) is 0 Å². The van der Waals surface area contributed by atoms with E-state index in [1.165, 1.54) is 6.26 Å². The zero-order valence-electron chi connectivity index (χ0n) is 3.18. The molecule has 0 aromatic carbocycles. The van der Waals surface area contributed by atoms with Crippen molar-refractivity contribution in [3.8, 4) is 0 Å². The average molecular weight is 165 g/mol. The van der Waals surface area contributed by atoms with Crippen molar-refractivity contribution in [2.45, 2.75) is 0 Å². The van der Waals surface area contributed by atoms with Crippen LogP contribution in [0, 0.1) is 0 Å². The minimum absolute atomic E-state index is 0.317. The molecule has 0 fully saturated rings. The molecule has 0 atom stereocenters. The summed E-state index contributed by atoms with van der Waals surface area (Å²) in [6.45, 7) is 0. The largest absolute Gasteiger partial charge is 0.519 e. The van der Waals surface area contributed by atoms with Crippen molar-refractivity contribution in [3.63, 3.8) is 0 Å². The van der Waals surface area contributed by atoms with Crippen LogP contribution in [0.25, 0.3) is 0 Å². The predicted octanol–water partition coefficient (Wildman–Crippen LogP) is 0.995. The zero-order valence-corrected chi connectivity index (χ0v) is 4.77. The number of rotatable bonds is 0. The first kappa shape index (κ1) is 4.64. The molecule has 1 heterocycles. The van der Waals surface area contributed by atoms with Crippen LogP contribution in [0.5, 0.6) is 0 Å². The lowest BCUT2D eigenvalue weighted by Gasteiger charge is -1.60. The van der Waals surface area contributed by atoms with Gasteiger partial charge < -0.3 is 8.83 Å². The van der Waals surface area contributed by atoms with Gasteiger partial charge in [-0.05, 0) is 15.9 Å². The Morgan fingerprint density at radius 2 is 2.43 bits per heavy atom. The Labute approximate surface area is 47.1 Å². The van der Waals surface area contributed by atoms with E-state index in [0.717, 1.165) is 0 Å². The van der Waals surface area contributed by atoms with Gasteiger partial charge in [0.2, 0.25) is 4.67 Å². The highest BCUT2D eigenvalue weighted by Crippen LogP contribution is 2.02. The summed E-state index contributed by atoms with van der Waals surface area (Å²) in [4.78, 5) is 9.93. The molecule has 1 aromatic heterocycles. The molecule has 0 unspecified atom stereocenters. The minimum Gasteiger partial charge on any atom is -0.398 e. The van der Waals surface area contributed by atoms with Crippen molar-refractivity contribution < 1.29 is 8.83 Å². The van der Waals surface area contributed by atoms with Crippen molar-refractivity contribution in [2.75, 3.05) is 0 Å².